The fourth-order valence-electron chi connectivity index (χ4n) is 3.02. The fourth-order valence-corrected chi connectivity index (χ4v) is 7.62. The van der Waals surface area contributed by atoms with Gasteiger partial charge in [0.05, 0.1) is 14.2 Å². The van der Waals surface area contributed by atoms with Crippen molar-refractivity contribution in [3.63, 3.8) is 0 Å². The highest BCUT2D eigenvalue weighted by Gasteiger charge is 2.39. The molecule has 0 radical (unpaired) electrons. The summed E-state index contributed by atoms with van der Waals surface area (Å²) in [6.07, 6.45) is 1.01. The van der Waals surface area contributed by atoms with Crippen LogP contribution in [0.1, 0.15) is 27.2 Å². The van der Waals surface area contributed by atoms with Crippen LogP contribution in [0.15, 0.2) is 18.2 Å². The van der Waals surface area contributed by atoms with Gasteiger partial charge in [-0.05, 0) is 17.7 Å². The Kier molecular flexibility index (Phi) is 5.88. The minimum absolute atomic E-state index is 0.253. The first-order chi connectivity index (χ1) is 9.11. The Hall–Kier alpha value is -1.00. The van der Waals surface area contributed by atoms with Gasteiger partial charge in [-0.2, -0.15) is 0 Å². The van der Waals surface area contributed by atoms with Crippen molar-refractivity contribution in [2.75, 3.05) is 14.2 Å². The maximum Gasteiger partial charge on any atom is 0.160 e. The molecule has 0 saturated carbocycles. The van der Waals surface area contributed by atoms with Crippen molar-refractivity contribution in [2.24, 2.45) is 5.73 Å². The topological polar surface area (TPSA) is 44.5 Å². The minimum Gasteiger partial charge on any atom is -0.493 e. The van der Waals surface area contributed by atoms with Gasteiger partial charge in [0.15, 0.2) is 11.5 Å². The molecule has 0 aromatic heterocycles. The zero-order chi connectivity index (χ0) is 14.5. The summed E-state index contributed by atoms with van der Waals surface area (Å²) in [5.74, 6) is 1.69. The molecule has 1 rings (SSSR count). The molecule has 0 spiro atoms. The van der Waals surface area contributed by atoms with Crippen molar-refractivity contribution < 1.29 is 9.47 Å². The quantitative estimate of drug-likeness (QED) is 0.782. The number of hydrogen-bond donors (Lipinski definition) is 1. The number of benzene rings is 1. The van der Waals surface area contributed by atoms with E-state index in [4.69, 9.17) is 15.2 Å². The van der Waals surface area contributed by atoms with Gasteiger partial charge >= 0.3 is 0 Å². The molecule has 108 valence electrons. The molecule has 0 fully saturated rings. The normalized spacial score (nSPS) is 13.2. The largest absolute Gasteiger partial charge is 0.493 e. The molecule has 1 unspecified atom stereocenters. The molecule has 0 aliphatic rings. The monoisotopic (exact) mass is 281 g/mol. The van der Waals surface area contributed by atoms with Crippen LogP contribution in [0.2, 0.25) is 12.1 Å². The Balaban J connectivity index is 3.46. The number of para-hydroxylation sites is 1. The van der Waals surface area contributed by atoms with Gasteiger partial charge in [-0.3, -0.25) is 0 Å². The molecule has 4 heteroatoms. The second-order valence-electron chi connectivity index (χ2n) is 4.92. The second-order valence-corrected chi connectivity index (χ2v) is 9.93. The number of ether oxygens (including phenoxy) is 2. The number of methoxy groups -OCH3 is 2. The first-order valence-electron chi connectivity index (χ1n) is 7.08. The first kappa shape index (κ1) is 16.1. The van der Waals surface area contributed by atoms with Crippen LogP contribution in [0, 0.1) is 0 Å². The molecule has 1 aromatic rings. The van der Waals surface area contributed by atoms with Crippen molar-refractivity contribution in [3.05, 3.63) is 18.2 Å². The molecule has 0 heterocycles. The zero-order valence-electron chi connectivity index (χ0n) is 12.8. The van der Waals surface area contributed by atoms with Crippen molar-refractivity contribution in [2.45, 2.75) is 44.9 Å². The van der Waals surface area contributed by atoms with Crippen LogP contribution in [-0.4, -0.2) is 28.0 Å². The predicted molar refractivity (Wildman–Crippen MR) is 84.2 cm³/mol. The zero-order valence-corrected chi connectivity index (χ0v) is 13.8. The van der Waals surface area contributed by atoms with Crippen LogP contribution in [0.5, 0.6) is 11.5 Å². The lowest BCUT2D eigenvalue weighted by molar-refractivity contribution is 0.357. The van der Waals surface area contributed by atoms with Gasteiger partial charge < -0.3 is 15.2 Å². The lowest BCUT2D eigenvalue weighted by atomic mass is 10.3. The van der Waals surface area contributed by atoms with E-state index in [0.29, 0.717) is 0 Å². The van der Waals surface area contributed by atoms with Gasteiger partial charge in [-0.15, -0.1) is 0 Å². The van der Waals surface area contributed by atoms with Crippen LogP contribution in [0.25, 0.3) is 0 Å². The Bertz CT molecular complexity index is 405. The van der Waals surface area contributed by atoms with Gasteiger partial charge in [0.2, 0.25) is 0 Å². The maximum atomic E-state index is 6.49. The van der Waals surface area contributed by atoms with E-state index >= 15 is 0 Å². The molecule has 1 aromatic carbocycles. The van der Waals surface area contributed by atoms with E-state index in [0.717, 1.165) is 30.0 Å². The Morgan fingerprint density at radius 1 is 1.11 bits per heavy atom. The van der Waals surface area contributed by atoms with Crippen LogP contribution >= 0.6 is 0 Å². The van der Waals surface area contributed by atoms with Crippen molar-refractivity contribution in [1.82, 2.24) is 0 Å². The molecular weight excluding hydrogens is 254 g/mol. The highest BCUT2D eigenvalue weighted by Crippen LogP contribution is 2.31. The van der Waals surface area contributed by atoms with Crippen molar-refractivity contribution in [1.29, 1.82) is 0 Å². The smallest absolute Gasteiger partial charge is 0.160 e. The predicted octanol–water partition coefficient (Wildman–Crippen LogP) is 2.68. The van der Waals surface area contributed by atoms with Gasteiger partial charge in [0.1, 0.15) is 8.07 Å². The number of rotatable bonds is 7. The molecule has 0 aliphatic heterocycles. The molecule has 0 amide bonds. The third-order valence-corrected chi connectivity index (χ3v) is 10.2. The van der Waals surface area contributed by atoms with Crippen molar-refractivity contribution >= 4 is 13.3 Å². The molecule has 2 N–H and O–H groups in total. The maximum absolute atomic E-state index is 6.49. The molecule has 19 heavy (non-hydrogen) atoms. The van der Waals surface area contributed by atoms with Crippen LogP contribution in [0.4, 0.5) is 0 Å². The van der Waals surface area contributed by atoms with Gasteiger partial charge in [-0.1, -0.05) is 45.0 Å². The summed E-state index contributed by atoms with van der Waals surface area (Å²) in [6.45, 7) is 6.68. The van der Waals surface area contributed by atoms with Crippen LogP contribution in [0.3, 0.4) is 0 Å². The number of hydrogen-bond acceptors (Lipinski definition) is 3. The van der Waals surface area contributed by atoms with Gasteiger partial charge in [0.25, 0.3) is 0 Å². The van der Waals surface area contributed by atoms with E-state index in [1.54, 1.807) is 14.2 Å². The highest BCUT2D eigenvalue weighted by molar-refractivity contribution is 6.93. The Morgan fingerprint density at radius 2 is 1.74 bits per heavy atom. The first-order valence-corrected chi connectivity index (χ1v) is 9.57. The second kappa shape index (κ2) is 6.96. The van der Waals surface area contributed by atoms with E-state index in [1.807, 2.05) is 12.1 Å². The molecule has 0 bridgehead atoms. The highest BCUT2D eigenvalue weighted by atomic mass is 28.3. The summed E-state index contributed by atoms with van der Waals surface area (Å²) in [5, 5.41) is 1.30. The Labute approximate surface area is 118 Å². The summed E-state index contributed by atoms with van der Waals surface area (Å²) in [6, 6.07) is 8.43. The molecule has 1 atom stereocenters. The van der Waals surface area contributed by atoms with Crippen LogP contribution < -0.4 is 20.4 Å². The van der Waals surface area contributed by atoms with Crippen molar-refractivity contribution in [3.8, 4) is 11.5 Å². The standard InChI is InChI=1S/C15H27NO2Si/c1-6-14(16)19(7-2,8-3)13-11-9-10-12(17-4)15(13)18-5/h9-11,14H,6-8,16H2,1-5H3. The molecule has 3 nitrogen and oxygen atoms in total. The van der Waals surface area contributed by atoms with E-state index in [-0.39, 0.29) is 5.67 Å². The summed E-state index contributed by atoms with van der Waals surface area (Å²) in [5.41, 5.74) is 6.74. The van der Waals surface area contributed by atoms with Crippen LogP contribution in [-0.2, 0) is 0 Å². The molecule has 0 aliphatic carbocycles. The SMILES string of the molecule is CCC(N)[Si](CC)(CC)c1cccc(OC)c1OC. The lowest BCUT2D eigenvalue weighted by Gasteiger charge is -2.36. The molecular formula is C15H27NO2Si. The molecule has 0 saturated heterocycles. The fraction of sp³-hybridized carbons (Fsp3) is 0.600. The summed E-state index contributed by atoms with van der Waals surface area (Å²) < 4.78 is 11.1. The summed E-state index contributed by atoms with van der Waals surface area (Å²) in [7, 11) is 1.63. The number of nitrogens with two attached hydrogens (primary N) is 1. The van der Waals surface area contributed by atoms with Gasteiger partial charge in [0, 0.05) is 5.67 Å². The summed E-state index contributed by atoms with van der Waals surface area (Å²) >= 11 is 0. The van der Waals surface area contributed by atoms with E-state index < -0.39 is 8.07 Å². The average Bonchev–Trinajstić information content (AvgIpc) is 2.48. The summed E-state index contributed by atoms with van der Waals surface area (Å²) in [4.78, 5) is 0. The van der Waals surface area contributed by atoms with E-state index in [2.05, 4.69) is 26.8 Å². The Morgan fingerprint density at radius 3 is 2.16 bits per heavy atom. The third kappa shape index (κ3) is 2.79. The van der Waals surface area contributed by atoms with Gasteiger partial charge in [-0.25, -0.2) is 0 Å². The van der Waals surface area contributed by atoms with E-state index in [9.17, 15) is 0 Å². The van der Waals surface area contributed by atoms with E-state index in [1.165, 1.54) is 5.19 Å². The lowest BCUT2D eigenvalue weighted by Crippen LogP contribution is -2.60. The third-order valence-electron chi connectivity index (χ3n) is 4.35. The minimum atomic E-state index is -1.76. The average molecular weight is 281 g/mol.